The van der Waals surface area contributed by atoms with E-state index in [0.29, 0.717) is 12.0 Å². The summed E-state index contributed by atoms with van der Waals surface area (Å²) in [6.07, 6.45) is 0.388. The van der Waals surface area contributed by atoms with E-state index < -0.39 is 22.1 Å². The lowest BCUT2D eigenvalue weighted by atomic mass is 10.1. The molecule has 11 heteroatoms. The molecule has 0 saturated carbocycles. The standard InChI is InChI=1S/C16H15F2N3O6/c1-26-15-8-10(2-5-14(15)27-16(17)18)6-7-19-12-4-3-11(20(22)23)9-13(12)21(24)25/h2-5,8-9,16,19H,6-7H2,1H3. The number of benzene rings is 2. The molecule has 0 heterocycles. The smallest absolute Gasteiger partial charge is 0.387 e. The lowest BCUT2D eigenvalue weighted by molar-refractivity contribution is -0.393. The third-order valence-corrected chi connectivity index (χ3v) is 3.56. The average Bonchev–Trinajstić information content (AvgIpc) is 2.62. The maximum absolute atomic E-state index is 12.3. The number of nitrogens with zero attached hydrogens (tertiary/aromatic N) is 2. The van der Waals surface area contributed by atoms with Gasteiger partial charge in [0, 0.05) is 12.6 Å². The van der Waals surface area contributed by atoms with Gasteiger partial charge in [0.1, 0.15) is 5.69 Å². The lowest BCUT2D eigenvalue weighted by Gasteiger charge is -2.12. The summed E-state index contributed by atoms with van der Waals surface area (Å²) in [5.74, 6) is 0.0318. The van der Waals surface area contributed by atoms with Crippen LogP contribution in [0.3, 0.4) is 0 Å². The summed E-state index contributed by atoms with van der Waals surface area (Å²) in [6.45, 7) is -2.72. The fraction of sp³-hybridized carbons (Fsp3) is 0.250. The highest BCUT2D eigenvalue weighted by Crippen LogP contribution is 2.31. The predicted molar refractivity (Wildman–Crippen MR) is 91.6 cm³/mol. The van der Waals surface area contributed by atoms with E-state index >= 15 is 0 Å². The SMILES string of the molecule is COc1cc(CCNc2ccc([N+](=O)[O-])cc2[N+](=O)[O-])ccc1OC(F)F. The van der Waals surface area contributed by atoms with E-state index in [2.05, 4.69) is 10.1 Å². The number of halogens is 2. The number of nitro groups is 2. The third kappa shape index (κ3) is 5.23. The zero-order valence-electron chi connectivity index (χ0n) is 14.1. The maximum atomic E-state index is 12.3. The molecule has 0 aliphatic heterocycles. The van der Waals surface area contributed by atoms with Crippen molar-refractivity contribution in [1.29, 1.82) is 0 Å². The van der Waals surface area contributed by atoms with Crippen molar-refractivity contribution in [2.45, 2.75) is 13.0 Å². The molecule has 9 nitrogen and oxygen atoms in total. The molecule has 2 aromatic rings. The van der Waals surface area contributed by atoms with Crippen molar-refractivity contribution in [2.75, 3.05) is 19.0 Å². The molecule has 0 aliphatic rings. The molecule has 0 spiro atoms. The quantitative estimate of drug-likeness (QED) is 0.517. The first kappa shape index (κ1) is 19.8. The molecule has 0 unspecified atom stereocenters. The molecule has 0 saturated heterocycles. The van der Waals surface area contributed by atoms with Crippen LogP contribution in [0.5, 0.6) is 11.5 Å². The largest absolute Gasteiger partial charge is 0.493 e. The van der Waals surface area contributed by atoms with Gasteiger partial charge in [-0.2, -0.15) is 8.78 Å². The molecular weight excluding hydrogens is 368 g/mol. The second-order valence-electron chi connectivity index (χ2n) is 5.26. The van der Waals surface area contributed by atoms with Crippen molar-refractivity contribution in [3.8, 4) is 11.5 Å². The molecule has 0 radical (unpaired) electrons. The number of hydrogen-bond donors (Lipinski definition) is 1. The number of nitrogens with one attached hydrogen (secondary N) is 1. The summed E-state index contributed by atoms with van der Waals surface area (Å²) in [6, 6.07) is 7.72. The minimum absolute atomic E-state index is 0.102. The molecule has 0 aliphatic carbocycles. The van der Waals surface area contributed by atoms with Crippen LogP contribution in [0.1, 0.15) is 5.56 Å². The Morgan fingerprint density at radius 1 is 1.07 bits per heavy atom. The lowest BCUT2D eigenvalue weighted by Crippen LogP contribution is -2.08. The number of methoxy groups -OCH3 is 1. The second kappa shape index (κ2) is 8.74. The van der Waals surface area contributed by atoms with Crippen molar-refractivity contribution >= 4 is 17.1 Å². The zero-order valence-corrected chi connectivity index (χ0v) is 14.1. The topological polar surface area (TPSA) is 117 Å². The molecular formula is C16H15F2N3O6. The van der Waals surface area contributed by atoms with Crippen molar-refractivity contribution in [2.24, 2.45) is 0 Å². The van der Waals surface area contributed by atoms with Crippen LogP contribution in [0, 0.1) is 20.2 Å². The Bertz CT molecular complexity index is 847. The number of non-ortho nitro benzene ring substituents is 1. The molecule has 2 aromatic carbocycles. The number of anilines is 1. The first-order chi connectivity index (χ1) is 12.8. The van der Waals surface area contributed by atoms with Crippen LogP contribution in [-0.2, 0) is 6.42 Å². The van der Waals surface area contributed by atoms with Crippen LogP contribution < -0.4 is 14.8 Å². The number of hydrogen-bond acceptors (Lipinski definition) is 7. The van der Waals surface area contributed by atoms with E-state index in [1.807, 2.05) is 0 Å². The summed E-state index contributed by atoms with van der Waals surface area (Å²) in [7, 11) is 1.32. The van der Waals surface area contributed by atoms with Gasteiger partial charge in [-0.1, -0.05) is 6.07 Å². The van der Waals surface area contributed by atoms with E-state index in [-0.39, 0.29) is 29.4 Å². The fourth-order valence-electron chi connectivity index (χ4n) is 2.34. The molecule has 27 heavy (non-hydrogen) atoms. The Morgan fingerprint density at radius 2 is 1.81 bits per heavy atom. The fourth-order valence-corrected chi connectivity index (χ4v) is 2.34. The van der Waals surface area contributed by atoms with Gasteiger partial charge in [-0.15, -0.1) is 0 Å². The van der Waals surface area contributed by atoms with Gasteiger partial charge in [0.15, 0.2) is 11.5 Å². The summed E-state index contributed by atoms with van der Waals surface area (Å²) < 4.78 is 34.0. The third-order valence-electron chi connectivity index (χ3n) is 3.56. The Kier molecular flexibility index (Phi) is 6.41. The van der Waals surface area contributed by atoms with Gasteiger partial charge in [0.25, 0.3) is 11.4 Å². The Hall–Kier alpha value is -3.50. The summed E-state index contributed by atoms with van der Waals surface area (Å²) in [4.78, 5) is 20.4. The minimum atomic E-state index is -2.98. The first-order valence-electron chi connectivity index (χ1n) is 7.60. The normalized spacial score (nSPS) is 10.5. The summed E-state index contributed by atoms with van der Waals surface area (Å²) >= 11 is 0. The van der Waals surface area contributed by atoms with Gasteiger partial charge >= 0.3 is 6.61 Å². The highest BCUT2D eigenvalue weighted by atomic mass is 19.3. The van der Waals surface area contributed by atoms with Crippen LogP contribution in [0.4, 0.5) is 25.8 Å². The Labute approximate surface area is 151 Å². The molecule has 144 valence electrons. The van der Waals surface area contributed by atoms with Crippen LogP contribution in [0.2, 0.25) is 0 Å². The number of nitro benzene ring substituents is 2. The Balaban J connectivity index is 2.08. The Morgan fingerprint density at radius 3 is 2.41 bits per heavy atom. The van der Waals surface area contributed by atoms with Crippen molar-refractivity contribution in [3.05, 3.63) is 62.2 Å². The van der Waals surface area contributed by atoms with Crippen LogP contribution in [-0.4, -0.2) is 30.1 Å². The highest BCUT2D eigenvalue weighted by Gasteiger charge is 2.19. The summed E-state index contributed by atoms with van der Waals surface area (Å²) in [5.41, 5.74) is 0.0508. The molecule has 1 N–H and O–H groups in total. The van der Waals surface area contributed by atoms with Gasteiger partial charge in [-0.3, -0.25) is 20.2 Å². The highest BCUT2D eigenvalue weighted by molar-refractivity contribution is 5.65. The van der Waals surface area contributed by atoms with E-state index in [1.54, 1.807) is 6.07 Å². The van der Waals surface area contributed by atoms with E-state index in [0.717, 1.165) is 12.1 Å². The second-order valence-corrected chi connectivity index (χ2v) is 5.26. The van der Waals surface area contributed by atoms with Gasteiger partial charge in [-0.05, 0) is 30.2 Å². The van der Waals surface area contributed by atoms with Gasteiger partial charge in [0.2, 0.25) is 0 Å². The van der Waals surface area contributed by atoms with Gasteiger partial charge < -0.3 is 14.8 Å². The number of ether oxygens (including phenoxy) is 2. The molecule has 0 aromatic heterocycles. The number of rotatable bonds is 9. The zero-order chi connectivity index (χ0) is 20.0. The van der Waals surface area contributed by atoms with Gasteiger partial charge in [-0.25, -0.2) is 0 Å². The van der Waals surface area contributed by atoms with E-state index in [1.165, 1.54) is 25.3 Å². The maximum Gasteiger partial charge on any atom is 0.387 e. The molecule has 0 amide bonds. The van der Waals surface area contributed by atoms with Crippen molar-refractivity contribution in [3.63, 3.8) is 0 Å². The monoisotopic (exact) mass is 383 g/mol. The van der Waals surface area contributed by atoms with Crippen molar-refractivity contribution in [1.82, 2.24) is 0 Å². The van der Waals surface area contributed by atoms with Crippen molar-refractivity contribution < 1.29 is 28.1 Å². The van der Waals surface area contributed by atoms with Gasteiger partial charge in [0.05, 0.1) is 23.0 Å². The molecule has 0 bridgehead atoms. The average molecular weight is 383 g/mol. The first-order valence-corrected chi connectivity index (χ1v) is 7.60. The number of alkyl halides is 2. The summed E-state index contributed by atoms with van der Waals surface area (Å²) in [5, 5.41) is 24.7. The van der Waals surface area contributed by atoms with E-state index in [9.17, 15) is 29.0 Å². The predicted octanol–water partition coefficient (Wildman–Crippen LogP) is 3.77. The van der Waals surface area contributed by atoms with Crippen LogP contribution >= 0.6 is 0 Å². The minimum Gasteiger partial charge on any atom is -0.493 e. The van der Waals surface area contributed by atoms with Crippen LogP contribution in [0.15, 0.2) is 36.4 Å². The van der Waals surface area contributed by atoms with Crippen LogP contribution in [0.25, 0.3) is 0 Å². The van der Waals surface area contributed by atoms with E-state index in [4.69, 9.17) is 4.74 Å². The molecule has 0 fully saturated rings. The molecule has 2 rings (SSSR count). The molecule has 0 atom stereocenters.